The molecule has 1 aliphatic heterocycles. The van der Waals surface area contributed by atoms with E-state index in [1.807, 2.05) is 41.8 Å². The number of hydrogen-bond acceptors (Lipinski definition) is 7. The SMILES string of the molecule is Cc1cc(-c2snnc2[C@@H]2CCCN(C(=O)C[C@@H](C)n3cccn3)C2)on1. The van der Waals surface area contributed by atoms with Crippen LogP contribution in [0.3, 0.4) is 0 Å². The Hall–Kier alpha value is -2.55. The Morgan fingerprint density at radius 2 is 2.37 bits per heavy atom. The molecule has 0 aromatic carbocycles. The van der Waals surface area contributed by atoms with Crippen LogP contribution in [0.1, 0.15) is 49.5 Å². The maximum absolute atomic E-state index is 12.8. The number of carbonyl (C=O) groups is 1. The molecule has 8 nitrogen and oxygen atoms in total. The summed E-state index contributed by atoms with van der Waals surface area (Å²) in [5, 5.41) is 12.5. The van der Waals surface area contributed by atoms with Gasteiger partial charge in [-0.1, -0.05) is 9.64 Å². The van der Waals surface area contributed by atoms with Gasteiger partial charge in [-0.25, -0.2) is 0 Å². The van der Waals surface area contributed by atoms with E-state index in [4.69, 9.17) is 4.52 Å². The van der Waals surface area contributed by atoms with Crippen molar-refractivity contribution in [3.8, 4) is 10.6 Å². The first-order chi connectivity index (χ1) is 13.1. The first-order valence-electron chi connectivity index (χ1n) is 9.14. The molecule has 0 bridgehead atoms. The number of piperidine rings is 1. The van der Waals surface area contributed by atoms with E-state index in [2.05, 4.69) is 19.8 Å². The monoisotopic (exact) mass is 386 g/mol. The van der Waals surface area contributed by atoms with Gasteiger partial charge in [0.2, 0.25) is 5.91 Å². The summed E-state index contributed by atoms with van der Waals surface area (Å²) in [5.41, 5.74) is 1.74. The van der Waals surface area contributed by atoms with Gasteiger partial charge in [-0.3, -0.25) is 9.48 Å². The van der Waals surface area contributed by atoms with E-state index in [0.29, 0.717) is 18.7 Å². The molecule has 0 unspecified atom stereocenters. The van der Waals surface area contributed by atoms with Crippen LogP contribution in [0.15, 0.2) is 29.0 Å². The predicted molar refractivity (Wildman–Crippen MR) is 100 cm³/mol. The predicted octanol–water partition coefficient (Wildman–Crippen LogP) is 3.06. The number of aryl methyl sites for hydroxylation is 1. The van der Waals surface area contributed by atoms with Crippen LogP contribution in [0, 0.1) is 6.92 Å². The number of rotatable bonds is 5. The number of hydrogen-bond donors (Lipinski definition) is 0. The normalized spacial score (nSPS) is 18.6. The quantitative estimate of drug-likeness (QED) is 0.669. The fourth-order valence-corrected chi connectivity index (χ4v) is 4.25. The maximum Gasteiger partial charge on any atom is 0.224 e. The Labute approximate surface area is 161 Å². The van der Waals surface area contributed by atoms with Crippen LogP contribution in [0.4, 0.5) is 0 Å². The molecule has 3 aromatic rings. The highest BCUT2D eigenvalue weighted by Crippen LogP contribution is 2.35. The number of nitrogens with zero attached hydrogens (tertiary/aromatic N) is 6. The molecule has 27 heavy (non-hydrogen) atoms. The van der Waals surface area contributed by atoms with E-state index in [-0.39, 0.29) is 17.9 Å². The van der Waals surface area contributed by atoms with Crippen molar-refractivity contribution in [1.29, 1.82) is 0 Å². The summed E-state index contributed by atoms with van der Waals surface area (Å²) in [4.78, 5) is 15.7. The van der Waals surface area contributed by atoms with Crippen molar-refractivity contribution in [2.45, 2.75) is 45.1 Å². The molecule has 4 rings (SSSR count). The van der Waals surface area contributed by atoms with E-state index >= 15 is 0 Å². The Kier molecular flexibility index (Phi) is 5.02. The van der Waals surface area contributed by atoms with E-state index in [1.165, 1.54) is 11.5 Å². The molecule has 3 aromatic heterocycles. The smallest absolute Gasteiger partial charge is 0.224 e. The lowest BCUT2D eigenvalue weighted by molar-refractivity contribution is -0.133. The minimum Gasteiger partial charge on any atom is -0.355 e. The molecule has 1 fully saturated rings. The molecule has 0 aliphatic carbocycles. The first kappa shape index (κ1) is 17.8. The molecule has 0 saturated carbocycles. The van der Waals surface area contributed by atoms with Crippen LogP contribution in [0.25, 0.3) is 10.6 Å². The summed E-state index contributed by atoms with van der Waals surface area (Å²) in [6.45, 7) is 5.36. The Balaban J connectivity index is 1.46. The van der Waals surface area contributed by atoms with Crippen LogP contribution in [-0.2, 0) is 4.79 Å². The first-order valence-corrected chi connectivity index (χ1v) is 9.92. The van der Waals surface area contributed by atoms with Gasteiger partial charge in [0.15, 0.2) is 5.76 Å². The average molecular weight is 386 g/mol. The summed E-state index contributed by atoms with van der Waals surface area (Å²) < 4.78 is 11.3. The minimum absolute atomic E-state index is 0.0431. The van der Waals surface area contributed by atoms with E-state index < -0.39 is 0 Å². The second-order valence-corrected chi connectivity index (χ2v) is 7.79. The van der Waals surface area contributed by atoms with Gasteiger partial charge in [0, 0.05) is 43.9 Å². The molecule has 1 aliphatic rings. The molecular weight excluding hydrogens is 364 g/mol. The number of aromatic nitrogens is 5. The third-order valence-electron chi connectivity index (χ3n) is 4.97. The zero-order valence-electron chi connectivity index (χ0n) is 15.4. The van der Waals surface area contributed by atoms with Gasteiger partial charge >= 0.3 is 0 Å². The van der Waals surface area contributed by atoms with Crippen molar-refractivity contribution in [3.05, 3.63) is 35.9 Å². The second kappa shape index (κ2) is 7.59. The van der Waals surface area contributed by atoms with Gasteiger partial charge in [-0.2, -0.15) is 5.10 Å². The van der Waals surface area contributed by atoms with Gasteiger partial charge in [0.1, 0.15) is 4.88 Å². The fourth-order valence-electron chi connectivity index (χ4n) is 3.55. The van der Waals surface area contributed by atoms with Gasteiger partial charge in [0.05, 0.1) is 17.4 Å². The van der Waals surface area contributed by atoms with Crippen molar-refractivity contribution in [1.82, 2.24) is 29.4 Å². The molecule has 1 amide bonds. The molecule has 142 valence electrons. The highest BCUT2D eigenvalue weighted by molar-refractivity contribution is 7.09. The van der Waals surface area contributed by atoms with Gasteiger partial charge in [-0.05, 0) is 44.3 Å². The topological polar surface area (TPSA) is 89.9 Å². The molecule has 0 radical (unpaired) electrons. The number of amides is 1. The molecular formula is C18H22N6O2S. The van der Waals surface area contributed by atoms with Crippen LogP contribution in [0.5, 0.6) is 0 Å². The lowest BCUT2D eigenvalue weighted by atomic mass is 9.93. The molecule has 1 saturated heterocycles. The van der Waals surface area contributed by atoms with Crippen LogP contribution >= 0.6 is 11.5 Å². The van der Waals surface area contributed by atoms with E-state index in [9.17, 15) is 4.79 Å². The Morgan fingerprint density at radius 3 is 3.11 bits per heavy atom. The highest BCUT2D eigenvalue weighted by atomic mass is 32.1. The second-order valence-electron chi connectivity index (χ2n) is 7.04. The lowest BCUT2D eigenvalue weighted by Crippen LogP contribution is -2.40. The van der Waals surface area contributed by atoms with E-state index in [0.717, 1.165) is 35.7 Å². The molecule has 2 atom stereocenters. The number of likely N-dealkylation sites (tertiary alicyclic amines) is 1. The molecule has 4 heterocycles. The molecule has 9 heteroatoms. The summed E-state index contributed by atoms with van der Waals surface area (Å²) in [6.07, 6.45) is 6.02. The largest absolute Gasteiger partial charge is 0.355 e. The van der Waals surface area contributed by atoms with Crippen molar-refractivity contribution in [2.75, 3.05) is 13.1 Å². The molecule has 0 spiro atoms. The van der Waals surface area contributed by atoms with E-state index in [1.54, 1.807) is 6.20 Å². The van der Waals surface area contributed by atoms with Gasteiger partial charge in [-0.15, -0.1) is 5.10 Å². The highest BCUT2D eigenvalue weighted by Gasteiger charge is 2.30. The average Bonchev–Trinajstić information content (AvgIpc) is 3.42. The van der Waals surface area contributed by atoms with Crippen molar-refractivity contribution in [3.63, 3.8) is 0 Å². The zero-order chi connectivity index (χ0) is 18.8. The zero-order valence-corrected chi connectivity index (χ0v) is 16.2. The number of carbonyl (C=O) groups excluding carboxylic acids is 1. The van der Waals surface area contributed by atoms with Crippen molar-refractivity contribution >= 4 is 17.4 Å². The van der Waals surface area contributed by atoms with Crippen LogP contribution in [0.2, 0.25) is 0 Å². The third-order valence-corrected chi connectivity index (χ3v) is 5.73. The van der Waals surface area contributed by atoms with Crippen molar-refractivity contribution in [2.24, 2.45) is 0 Å². The fraction of sp³-hybridized carbons (Fsp3) is 0.500. The van der Waals surface area contributed by atoms with Crippen LogP contribution in [-0.4, -0.2) is 48.4 Å². The summed E-state index contributed by atoms with van der Waals surface area (Å²) in [6, 6.07) is 3.82. The summed E-state index contributed by atoms with van der Waals surface area (Å²) in [7, 11) is 0. The molecule has 0 N–H and O–H groups in total. The summed E-state index contributed by atoms with van der Waals surface area (Å²) in [5.74, 6) is 1.03. The third kappa shape index (κ3) is 3.78. The maximum atomic E-state index is 12.8. The standard InChI is InChI=1S/C18H22N6O2S/c1-12-9-15(26-21-12)18-17(20-22-27-18)14-5-3-7-23(11-14)16(25)10-13(2)24-8-4-6-19-24/h4,6,8-9,13-14H,3,5,7,10-11H2,1-2H3/t13-,14-/m1/s1. The van der Waals surface area contributed by atoms with Crippen molar-refractivity contribution < 1.29 is 9.32 Å². The van der Waals surface area contributed by atoms with Crippen LogP contribution < -0.4 is 0 Å². The van der Waals surface area contributed by atoms with Gasteiger partial charge in [0.25, 0.3) is 0 Å². The Morgan fingerprint density at radius 1 is 1.48 bits per heavy atom. The lowest BCUT2D eigenvalue weighted by Gasteiger charge is -2.33. The van der Waals surface area contributed by atoms with Gasteiger partial charge < -0.3 is 9.42 Å². The minimum atomic E-state index is 0.0431. The summed E-state index contributed by atoms with van der Waals surface area (Å²) >= 11 is 1.32. The Bertz CT molecular complexity index is 903.